The maximum atomic E-state index is 13.0. The first-order chi connectivity index (χ1) is 14.4. The van der Waals surface area contributed by atoms with Gasteiger partial charge in [0.1, 0.15) is 5.69 Å². The minimum Gasteiger partial charge on any atom is -0.463 e. The van der Waals surface area contributed by atoms with Crippen molar-refractivity contribution in [2.75, 3.05) is 19.4 Å². The van der Waals surface area contributed by atoms with Gasteiger partial charge >= 0.3 is 0 Å². The molecule has 0 fully saturated rings. The summed E-state index contributed by atoms with van der Waals surface area (Å²) in [5.74, 6) is 0.193. The molecule has 30 heavy (non-hydrogen) atoms. The predicted molar refractivity (Wildman–Crippen MR) is 114 cm³/mol. The number of pyridine rings is 1. The van der Waals surface area contributed by atoms with Gasteiger partial charge in [-0.15, -0.1) is 0 Å². The molecule has 4 rings (SSSR count). The second kappa shape index (κ2) is 8.03. The molecule has 3 aromatic heterocycles. The Balaban J connectivity index is 1.62. The van der Waals surface area contributed by atoms with Crippen LogP contribution in [0.15, 0.2) is 62.6 Å². The number of furan rings is 1. The molecule has 3 heterocycles. The average Bonchev–Trinajstić information content (AvgIpc) is 3.39. The Hall–Kier alpha value is -3.59. The lowest BCUT2D eigenvalue weighted by Gasteiger charge is -2.10. The Morgan fingerprint density at radius 2 is 1.90 bits per heavy atom. The smallest absolute Gasteiger partial charge is 0.285 e. The van der Waals surface area contributed by atoms with Gasteiger partial charge < -0.3 is 19.2 Å². The monoisotopic (exact) mass is 422 g/mol. The number of fused-ring (bicyclic) bond motifs is 1. The number of hydrogen-bond acceptors (Lipinski definition) is 7. The summed E-state index contributed by atoms with van der Waals surface area (Å²) < 4.78 is 10.7. The van der Waals surface area contributed by atoms with Gasteiger partial charge in [0.15, 0.2) is 5.76 Å². The molecular formula is C21H18N4O4S. The predicted octanol–water partition coefficient (Wildman–Crippen LogP) is 4.82. The first-order valence-corrected chi connectivity index (χ1v) is 9.85. The molecule has 152 valence electrons. The van der Waals surface area contributed by atoms with Crippen molar-refractivity contribution in [3.05, 3.63) is 60.0 Å². The van der Waals surface area contributed by atoms with Crippen LogP contribution in [0, 0.1) is 6.92 Å². The van der Waals surface area contributed by atoms with Crippen molar-refractivity contribution in [2.45, 2.75) is 11.8 Å². The van der Waals surface area contributed by atoms with Crippen molar-refractivity contribution in [1.82, 2.24) is 15.0 Å². The zero-order valence-corrected chi connectivity index (χ0v) is 17.3. The van der Waals surface area contributed by atoms with Crippen LogP contribution in [0.4, 0.5) is 10.5 Å². The Labute approximate surface area is 176 Å². The van der Waals surface area contributed by atoms with Crippen LogP contribution in [0.2, 0.25) is 0 Å². The van der Waals surface area contributed by atoms with E-state index in [1.54, 1.807) is 63.5 Å². The highest BCUT2D eigenvalue weighted by Gasteiger charge is 2.20. The fourth-order valence-electron chi connectivity index (χ4n) is 2.82. The molecule has 4 aromatic rings. The molecular weight excluding hydrogens is 404 g/mol. The molecule has 0 atom stereocenters. The topological polar surface area (TPSA) is 101 Å². The fourth-order valence-corrected chi connectivity index (χ4v) is 3.48. The number of nitrogens with zero attached hydrogens (tertiary/aromatic N) is 3. The van der Waals surface area contributed by atoms with Crippen LogP contribution >= 0.6 is 11.8 Å². The number of hydrogen-bond donors (Lipinski definition) is 1. The Kier molecular flexibility index (Phi) is 5.28. The molecule has 1 aromatic carbocycles. The quantitative estimate of drug-likeness (QED) is 0.471. The third kappa shape index (κ3) is 3.92. The molecule has 0 radical (unpaired) electrons. The van der Waals surface area contributed by atoms with Crippen LogP contribution in [-0.2, 0) is 0 Å². The maximum Gasteiger partial charge on any atom is 0.285 e. The standard InChI is InChI=1S/C21H18N4O4S/c1-12-18-15(11-16(17-5-4-10-28-17)23-20(18)29-24-12)19(26)22-13-6-8-14(9-7-13)30-21(27)25(2)3/h4-11H,1-3H3,(H,22,26). The summed E-state index contributed by atoms with van der Waals surface area (Å²) in [5.41, 5.74) is 2.29. The van der Waals surface area contributed by atoms with E-state index in [4.69, 9.17) is 8.94 Å². The number of rotatable bonds is 4. The van der Waals surface area contributed by atoms with Crippen molar-refractivity contribution in [3.63, 3.8) is 0 Å². The number of nitrogens with one attached hydrogen (secondary N) is 1. The van der Waals surface area contributed by atoms with Crippen LogP contribution in [-0.4, -0.2) is 40.3 Å². The summed E-state index contributed by atoms with van der Waals surface area (Å²) in [4.78, 5) is 31.6. The lowest BCUT2D eigenvalue weighted by Crippen LogP contribution is -2.16. The molecule has 0 saturated carbocycles. The Bertz CT molecular complexity index is 1210. The van der Waals surface area contributed by atoms with Gasteiger partial charge in [0, 0.05) is 24.7 Å². The third-order valence-electron chi connectivity index (χ3n) is 4.32. The number of anilines is 1. The number of carbonyl (C=O) groups excluding carboxylic acids is 2. The van der Waals surface area contributed by atoms with Crippen molar-refractivity contribution >= 4 is 39.7 Å². The molecule has 1 N–H and O–H groups in total. The summed E-state index contributed by atoms with van der Waals surface area (Å²) in [6, 6.07) is 12.2. The second-order valence-corrected chi connectivity index (χ2v) is 7.75. The summed E-state index contributed by atoms with van der Waals surface area (Å²) >= 11 is 1.12. The number of amides is 2. The van der Waals surface area contributed by atoms with E-state index in [-0.39, 0.29) is 16.9 Å². The van der Waals surface area contributed by atoms with Crippen LogP contribution in [0.3, 0.4) is 0 Å². The van der Waals surface area contributed by atoms with Gasteiger partial charge in [-0.2, -0.15) is 0 Å². The highest BCUT2D eigenvalue weighted by molar-refractivity contribution is 8.13. The van der Waals surface area contributed by atoms with Crippen LogP contribution in [0.1, 0.15) is 16.1 Å². The molecule has 0 aliphatic rings. The van der Waals surface area contributed by atoms with Gasteiger partial charge in [-0.1, -0.05) is 5.16 Å². The van der Waals surface area contributed by atoms with Crippen molar-refractivity contribution in [3.8, 4) is 11.5 Å². The van der Waals surface area contributed by atoms with Gasteiger partial charge in [0.25, 0.3) is 16.9 Å². The summed E-state index contributed by atoms with van der Waals surface area (Å²) in [5, 5.41) is 7.28. The molecule has 0 spiro atoms. The number of thioether (sulfide) groups is 1. The first kappa shape index (κ1) is 19.7. The molecule has 0 bridgehead atoms. The van der Waals surface area contributed by atoms with Crippen molar-refractivity contribution in [1.29, 1.82) is 0 Å². The zero-order chi connectivity index (χ0) is 21.3. The van der Waals surface area contributed by atoms with E-state index in [0.29, 0.717) is 33.8 Å². The molecule has 0 saturated heterocycles. The highest BCUT2D eigenvalue weighted by atomic mass is 32.2. The van der Waals surface area contributed by atoms with Crippen molar-refractivity contribution in [2.24, 2.45) is 0 Å². The largest absolute Gasteiger partial charge is 0.463 e. The molecule has 0 aliphatic heterocycles. The summed E-state index contributed by atoms with van der Waals surface area (Å²) in [6.45, 7) is 1.75. The lowest BCUT2D eigenvalue weighted by atomic mass is 10.1. The number of aromatic nitrogens is 2. The fraction of sp³-hybridized carbons (Fsp3) is 0.143. The van der Waals surface area contributed by atoms with E-state index in [1.807, 2.05) is 0 Å². The molecule has 9 heteroatoms. The van der Waals surface area contributed by atoms with Crippen molar-refractivity contribution < 1.29 is 18.5 Å². The summed E-state index contributed by atoms with van der Waals surface area (Å²) in [6.07, 6.45) is 1.53. The van der Waals surface area contributed by atoms with E-state index in [0.717, 1.165) is 16.7 Å². The third-order valence-corrected chi connectivity index (χ3v) is 5.37. The Morgan fingerprint density at radius 1 is 1.13 bits per heavy atom. The van der Waals surface area contributed by atoms with Gasteiger partial charge in [-0.05, 0) is 61.2 Å². The van der Waals surface area contributed by atoms with Gasteiger partial charge in [-0.25, -0.2) is 4.98 Å². The normalized spacial score (nSPS) is 10.9. The molecule has 2 amide bonds. The second-order valence-electron chi connectivity index (χ2n) is 6.72. The van der Waals surface area contributed by atoms with Crippen LogP contribution in [0.5, 0.6) is 0 Å². The molecule has 0 aliphatic carbocycles. The molecule has 8 nitrogen and oxygen atoms in total. The minimum absolute atomic E-state index is 0.0700. The van der Waals surface area contributed by atoms with Gasteiger partial charge in [-0.3, -0.25) is 9.59 Å². The van der Waals surface area contributed by atoms with E-state index in [1.165, 1.54) is 11.2 Å². The van der Waals surface area contributed by atoms with Gasteiger partial charge in [0.2, 0.25) is 0 Å². The van der Waals surface area contributed by atoms with Crippen LogP contribution in [0.25, 0.3) is 22.6 Å². The van der Waals surface area contributed by atoms with Crippen LogP contribution < -0.4 is 5.32 Å². The zero-order valence-electron chi connectivity index (χ0n) is 16.5. The van der Waals surface area contributed by atoms with Gasteiger partial charge in [0.05, 0.1) is 22.9 Å². The first-order valence-electron chi connectivity index (χ1n) is 9.04. The average molecular weight is 422 g/mol. The van der Waals surface area contributed by atoms with E-state index >= 15 is 0 Å². The SMILES string of the molecule is Cc1noc2nc(-c3ccco3)cc(C(=O)Nc3ccc(SC(=O)N(C)C)cc3)c12. The minimum atomic E-state index is -0.328. The molecule has 0 unspecified atom stereocenters. The van der Waals surface area contributed by atoms with E-state index in [2.05, 4.69) is 15.5 Å². The highest BCUT2D eigenvalue weighted by Crippen LogP contribution is 2.28. The number of carbonyl (C=O) groups is 2. The lowest BCUT2D eigenvalue weighted by molar-refractivity contribution is 0.102. The maximum absolute atomic E-state index is 13.0. The number of benzene rings is 1. The van der Waals surface area contributed by atoms with E-state index < -0.39 is 0 Å². The number of aryl methyl sites for hydroxylation is 1. The van der Waals surface area contributed by atoms with E-state index in [9.17, 15) is 9.59 Å². The Morgan fingerprint density at radius 3 is 2.57 bits per heavy atom. The summed E-state index contributed by atoms with van der Waals surface area (Å²) in [7, 11) is 3.39.